The van der Waals surface area contributed by atoms with Gasteiger partial charge >= 0.3 is 6.09 Å². The number of hydrogen-bond acceptors (Lipinski definition) is 4. The fourth-order valence-corrected chi connectivity index (χ4v) is 1.52. The van der Waals surface area contributed by atoms with Gasteiger partial charge in [0, 0.05) is 6.54 Å². The molecule has 15 heavy (non-hydrogen) atoms. The molecule has 1 saturated heterocycles. The number of amides is 1. The van der Waals surface area contributed by atoms with Crippen molar-refractivity contribution in [3.05, 3.63) is 0 Å². The quantitative estimate of drug-likeness (QED) is 0.661. The van der Waals surface area contributed by atoms with Crippen LogP contribution < -0.4 is 5.73 Å². The SMILES string of the molecule is CC1N(C(=O)OC(C)(C)C)CC1(O)CN. The van der Waals surface area contributed by atoms with Gasteiger partial charge in [0.25, 0.3) is 0 Å². The summed E-state index contributed by atoms with van der Waals surface area (Å²) in [5, 5.41) is 9.83. The zero-order valence-electron chi connectivity index (χ0n) is 9.78. The Hall–Kier alpha value is -0.810. The first-order valence-electron chi connectivity index (χ1n) is 5.12. The van der Waals surface area contributed by atoms with Gasteiger partial charge in [-0.05, 0) is 27.7 Å². The molecular formula is C10H20N2O3. The van der Waals surface area contributed by atoms with Crippen molar-refractivity contribution in [3.8, 4) is 0 Å². The number of hydrogen-bond donors (Lipinski definition) is 2. The van der Waals surface area contributed by atoms with Crippen LogP contribution in [-0.2, 0) is 4.74 Å². The third-order valence-electron chi connectivity index (χ3n) is 2.67. The van der Waals surface area contributed by atoms with E-state index in [2.05, 4.69) is 0 Å². The Bertz CT molecular complexity index is 262. The van der Waals surface area contributed by atoms with Crippen molar-refractivity contribution < 1.29 is 14.6 Å². The fourth-order valence-electron chi connectivity index (χ4n) is 1.52. The lowest BCUT2D eigenvalue weighted by Gasteiger charge is -2.51. The number of carbonyl (C=O) groups is 1. The summed E-state index contributed by atoms with van der Waals surface area (Å²) in [6.45, 7) is 7.60. The van der Waals surface area contributed by atoms with Gasteiger partial charge in [0.15, 0.2) is 0 Å². The van der Waals surface area contributed by atoms with E-state index >= 15 is 0 Å². The highest BCUT2D eigenvalue weighted by atomic mass is 16.6. The van der Waals surface area contributed by atoms with E-state index < -0.39 is 17.3 Å². The van der Waals surface area contributed by atoms with Crippen molar-refractivity contribution in [2.75, 3.05) is 13.1 Å². The van der Waals surface area contributed by atoms with Gasteiger partial charge in [0.1, 0.15) is 11.2 Å². The van der Waals surface area contributed by atoms with Crippen LogP contribution in [0.3, 0.4) is 0 Å². The third kappa shape index (κ3) is 2.41. The topological polar surface area (TPSA) is 75.8 Å². The average Bonchev–Trinajstić information content (AvgIpc) is 2.10. The first kappa shape index (κ1) is 12.3. The number of β-amino-alcohol motifs (C(OH)–C–C–N with tert-alkyl or cyclic N) is 1. The molecule has 1 heterocycles. The van der Waals surface area contributed by atoms with Crippen LogP contribution in [0.25, 0.3) is 0 Å². The molecule has 0 aromatic rings. The molecule has 2 unspecified atom stereocenters. The van der Waals surface area contributed by atoms with Crippen LogP contribution in [0.4, 0.5) is 4.79 Å². The van der Waals surface area contributed by atoms with Crippen molar-refractivity contribution in [1.29, 1.82) is 0 Å². The maximum atomic E-state index is 11.6. The molecule has 0 bridgehead atoms. The van der Waals surface area contributed by atoms with Crippen molar-refractivity contribution in [2.24, 2.45) is 5.73 Å². The molecule has 3 N–H and O–H groups in total. The normalized spacial score (nSPS) is 31.1. The maximum Gasteiger partial charge on any atom is 0.410 e. The van der Waals surface area contributed by atoms with E-state index in [-0.39, 0.29) is 19.1 Å². The Balaban J connectivity index is 2.53. The first-order chi connectivity index (χ1) is 6.69. The Kier molecular flexibility index (Phi) is 2.98. The number of nitrogens with two attached hydrogens (primary N) is 1. The largest absolute Gasteiger partial charge is 0.444 e. The van der Waals surface area contributed by atoms with Crippen molar-refractivity contribution in [1.82, 2.24) is 4.90 Å². The highest BCUT2D eigenvalue weighted by Gasteiger charge is 2.51. The summed E-state index contributed by atoms with van der Waals surface area (Å²) in [5.41, 5.74) is 3.97. The summed E-state index contributed by atoms with van der Waals surface area (Å²) < 4.78 is 5.18. The molecule has 0 saturated carbocycles. The second-order valence-corrected chi connectivity index (χ2v) is 5.09. The number of ether oxygens (including phenoxy) is 1. The molecule has 88 valence electrons. The smallest absolute Gasteiger partial charge is 0.410 e. The van der Waals surface area contributed by atoms with E-state index in [1.165, 1.54) is 4.90 Å². The molecule has 1 aliphatic heterocycles. The zero-order chi connectivity index (χ0) is 11.9. The van der Waals surface area contributed by atoms with E-state index in [1.807, 2.05) is 20.8 Å². The molecule has 0 aliphatic carbocycles. The van der Waals surface area contributed by atoms with Crippen LogP contribution >= 0.6 is 0 Å². The molecule has 5 nitrogen and oxygen atoms in total. The van der Waals surface area contributed by atoms with Gasteiger partial charge in [-0.25, -0.2) is 4.79 Å². The minimum absolute atomic E-state index is 0.160. The lowest BCUT2D eigenvalue weighted by atomic mass is 9.85. The molecule has 0 aromatic carbocycles. The number of rotatable bonds is 1. The minimum Gasteiger partial charge on any atom is -0.444 e. The number of aliphatic hydroxyl groups is 1. The molecule has 5 heteroatoms. The second kappa shape index (κ2) is 3.64. The van der Waals surface area contributed by atoms with Crippen LogP contribution in [0.15, 0.2) is 0 Å². The minimum atomic E-state index is -0.948. The Labute approximate surface area is 90.2 Å². The summed E-state index contributed by atoms with van der Waals surface area (Å²) >= 11 is 0. The molecule has 2 atom stereocenters. The van der Waals surface area contributed by atoms with Gasteiger partial charge in [-0.3, -0.25) is 4.90 Å². The highest BCUT2D eigenvalue weighted by Crippen LogP contribution is 2.29. The van der Waals surface area contributed by atoms with E-state index in [0.29, 0.717) is 0 Å². The van der Waals surface area contributed by atoms with E-state index in [0.717, 1.165) is 0 Å². The van der Waals surface area contributed by atoms with Crippen LogP contribution in [-0.4, -0.2) is 46.4 Å². The molecule has 1 amide bonds. The summed E-state index contributed by atoms with van der Waals surface area (Å²) in [6.07, 6.45) is -0.395. The third-order valence-corrected chi connectivity index (χ3v) is 2.67. The van der Waals surface area contributed by atoms with Gasteiger partial charge < -0.3 is 15.6 Å². The van der Waals surface area contributed by atoms with E-state index in [1.54, 1.807) is 6.92 Å². The van der Waals surface area contributed by atoms with Crippen molar-refractivity contribution in [2.45, 2.75) is 44.9 Å². The molecule has 1 aliphatic rings. The van der Waals surface area contributed by atoms with Crippen LogP contribution in [0.2, 0.25) is 0 Å². The predicted molar refractivity (Wildman–Crippen MR) is 56.4 cm³/mol. The van der Waals surface area contributed by atoms with Crippen LogP contribution in [0, 0.1) is 0 Å². The van der Waals surface area contributed by atoms with E-state index in [9.17, 15) is 9.90 Å². The zero-order valence-corrected chi connectivity index (χ0v) is 9.78. The van der Waals surface area contributed by atoms with Crippen LogP contribution in [0.1, 0.15) is 27.7 Å². The summed E-state index contributed by atoms with van der Waals surface area (Å²) in [6, 6.07) is -0.280. The maximum absolute atomic E-state index is 11.6. The van der Waals surface area contributed by atoms with E-state index in [4.69, 9.17) is 10.5 Å². The Morgan fingerprint density at radius 1 is 1.67 bits per heavy atom. The first-order valence-corrected chi connectivity index (χ1v) is 5.12. The Morgan fingerprint density at radius 2 is 2.20 bits per heavy atom. The number of carbonyl (C=O) groups excluding carboxylic acids is 1. The Morgan fingerprint density at radius 3 is 2.53 bits per heavy atom. The lowest BCUT2D eigenvalue weighted by Crippen LogP contribution is -2.73. The molecule has 0 radical (unpaired) electrons. The average molecular weight is 216 g/mol. The van der Waals surface area contributed by atoms with Gasteiger partial charge in [0.05, 0.1) is 12.6 Å². The van der Waals surface area contributed by atoms with Gasteiger partial charge in [-0.15, -0.1) is 0 Å². The highest BCUT2D eigenvalue weighted by molar-refractivity contribution is 5.70. The standard InChI is InChI=1S/C10H20N2O3/c1-7-10(14,5-11)6-12(7)8(13)15-9(2,3)4/h7,14H,5-6,11H2,1-4H3. The van der Waals surface area contributed by atoms with Crippen molar-refractivity contribution in [3.63, 3.8) is 0 Å². The summed E-state index contributed by atoms with van der Waals surface area (Å²) in [5.74, 6) is 0. The molecule has 1 rings (SSSR count). The molecule has 0 aromatic heterocycles. The second-order valence-electron chi connectivity index (χ2n) is 5.09. The monoisotopic (exact) mass is 216 g/mol. The predicted octanol–water partition coefficient (Wildman–Crippen LogP) is 0.315. The van der Waals surface area contributed by atoms with Crippen molar-refractivity contribution >= 4 is 6.09 Å². The van der Waals surface area contributed by atoms with Gasteiger partial charge in [-0.1, -0.05) is 0 Å². The van der Waals surface area contributed by atoms with Crippen LogP contribution in [0.5, 0.6) is 0 Å². The van der Waals surface area contributed by atoms with Gasteiger partial charge in [0.2, 0.25) is 0 Å². The van der Waals surface area contributed by atoms with Gasteiger partial charge in [-0.2, -0.15) is 0 Å². The number of likely N-dealkylation sites (tertiary alicyclic amines) is 1. The number of nitrogens with zero attached hydrogens (tertiary/aromatic N) is 1. The molecule has 1 fully saturated rings. The lowest BCUT2D eigenvalue weighted by molar-refractivity contribution is -0.132. The molecular weight excluding hydrogens is 196 g/mol. The molecule has 0 spiro atoms. The summed E-state index contributed by atoms with van der Waals surface area (Å²) in [7, 11) is 0. The summed E-state index contributed by atoms with van der Waals surface area (Å²) in [4.78, 5) is 13.1. The fraction of sp³-hybridized carbons (Fsp3) is 0.900.